The van der Waals surface area contributed by atoms with Crippen molar-refractivity contribution in [2.24, 2.45) is 0 Å². The maximum absolute atomic E-state index is 12.8. The number of carbonyl (C=O) groups excluding carboxylic acids is 2. The SMILES string of the molecule is CCN(CC)C(=O)CN1CCCN(C(=O)C(C)Oc2ccc(C#N)cc2)CC1. The van der Waals surface area contributed by atoms with Crippen LogP contribution in [0.15, 0.2) is 24.3 Å². The number of hydrogen-bond acceptors (Lipinski definition) is 5. The Bertz CT molecular complexity index is 695. The largest absolute Gasteiger partial charge is 0.481 e. The van der Waals surface area contributed by atoms with Crippen LogP contribution in [0.4, 0.5) is 0 Å². The zero-order valence-corrected chi connectivity index (χ0v) is 17.1. The fourth-order valence-corrected chi connectivity index (χ4v) is 3.34. The molecule has 0 bridgehead atoms. The molecule has 1 unspecified atom stereocenters. The second-order valence-electron chi connectivity index (χ2n) is 6.92. The Balaban J connectivity index is 1.87. The van der Waals surface area contributed by atoms with Gasteiger partial charge in [0, 0.05) is 39.3 Å². The van der Waals surface area contributed by atoms with Crippen LogP contribution in [0.2, 0.25) is 0 Å². The summed E-state index contributed by atoms with van der Waals surface area (Å²) in [5.74, 6) is 0.657. The molecule has 1 heterocycles. The molecule has 0 N–H and O–H groups in total. The highest BCUT2D eigenvalue weighted by Crippen LogP contribution is 2.15. The van der Waals surface area contributed by atoms with Gasteiger partial charge in [0.1, 0.15) is 5.75 Å². The normalized spacial score (nSPS) is 16.0. The summed E-state index contributed by atoms with van der Waals surface area (Å²) in [7, 11) is 0. The highest BCUT2D eigenvalue weighted by atomic mass is 16.5. The van der Waals surface area contributed by atoms with Gasteiger partial charge in [0.2, 0.25) is 5.91 Å². The monoisotopic (exact) mass is 386 g/mol. The third kappa shape index (κ3) is 5.96. The summed E-state index contributed by atoms with van der Waals surface area (Å²) in [6.45, 7) is 10.3. The van der Waals surface area contributed by atoms with E-state index in [1.54, 1.807) is 31.2 Å². The van der Waals surface area contributed by atoms with E-state index in [9.17, 15) is 9.59 Å². The average Bonchev–Trinajstić information content (AvgIpc) is 2.94. The van der Waals surface area contributed by atoms with Gasteiger partial charge in [-0.1, -0.05) is 0 Å². The number of rotatable bonds is 7. The lowest BCUT2D eigenvalue weighted by Gasteiger charge is -2.26. The van der Waals surface area contributed by atoms with Crippen LogP contribution >= 0.6 is 0 Å². The molecule has 1 saturated heterocycles. The van der Waals surface area contributed by atoms with E-state index in [1.165, 1.54) is 0 Å². The van der Waals surface area contributed by atoms with Crippen molar-refractivity contribution >= 4 is 11.8 Å². The summed E-state index contributed by atoms with van der Waals surface area (Å²) in [4.78, 5) is 30.9. The average molecular weight is 386 g/mol. The summed E-state index contributed by atoms with van der Waals surface area (Å²) in [5, 5.41) is 8.85. The molecule has 2 amide bonds. The number of hydrogen-bond donors (Lipinski definition) is 0. The number of benzene rings is 1. The van der Waals surface area contributed by atoms with E-state index in [-0.39, 0.29) is 11.8 Å². The van der Waals surface area contributed by atoms with Crippen molar-refractivity contribution < 1.29 is 14.3 Å². The van der Waals surface area contributed by atoms with Gasteiger partial charge in [-0.05, 0) is 51.5 Å². The van der Waals surface area contributed by atoms with Gasteiger partial charge < -0.3 is 14.5 Å². The predicted molar refractivity (Wildman–Crippen MR) is 107 cm³/mol. The highest BCUT2D eigenvalue weighted by molar-refractivity contribution is 5.81. The summed E-state index contributed by atoms with van der Waals surface area (Å²) in [6, 6.07) is 8.80. The van der Waals surface area contributed by atoms with Gasteiger partial charge in [0.05, 0.1) is 18.2 Å². The molecule has 2 rings (SSSR count). The molecular weight excluding hydrogens is 356 g/mol. The summed E-state index contributed by atoms with van der Waals surface area (Å²) in [5.41, 5.74) is 0.554. The quantitative estimate of drug-likeness (QED) is 0.713. The molecule has 1 aliphatic rings. The molecule has 28 heavy (non-hydrogen) atoms. The van der Waals surface area contributed by atoms with Crippen LogP contribution in [0.3, 0.4) is 0 Å². The van der Waals surface area contributed by atoms with E-state index >= 15 is 0 Å². The first-order valence-electron chi connectivity index (χ1n) is 9.94. The van der Waals surface area contributed by atoms with Crippen molar-refractivity contribution in [3.05, 3.63) is 29.8 Å². The topological polar surface area (TPSA) is 76.9 Å². The highest BCUT2D eigenvalue weighted by Gasteiger charge is 2.25. The van der Waals surface area contributed by atoms with Crippen molar-refractivity contribution in [3.8, 4) is 11.8 Å². The maximum Gasteiger partial charge on any atom is 0.263 e. The summed E-state index contributed by atoms with van der Waals surface area (Å²) < 4.78 is 5.75. The first kappa shape index (κ1) is 21.7. The minimum absolute atomic E-state index is 0.0544. The smallest absolute Gasteiger partial charge is 0.263 e. The zero-order valence-electron chi connectivity index (χ0n) is 17.1. The number of ether oxygens (including phenoxy) is 1. The zero-order chi connectivity index (χ0) is 20.5. The van der Waals surface area contributed by atoms with Gasteiger partial charge in [-0.2, -0.15) is 5.26 Å². The molecule has 0 aliphatic carbocycles. The maximum atomic E-state index is 12.8. The van der Waals surface area contributed by atoms with Gasteiger partial charge in [0.15, 0.2) is 6.10 Å². The molecule has 0 aromatic heterocycles. The molecule has 1 aliphatic heterocycles. The number of carbonyl (C=O) groups is 2. The Kier molecular flexibility index (Phi) is 8.27. The van der Waals surface area contributed by atoms with Gasteiger partial charge >= 0.3 is 0 Å². The first-order valence-corrected chi connectivity index (χ1v) is 9.94. The molecular formula is C21H30N4O3. The number of nitriles is 1. The van der Waals surface area contributed by atoms with Crippen LogP contribution in [-0.4, -0.2) is 78.4 Å². The van der Waals surface area contributed by atoms with Crippen LogP contribution < -0.4 is 4.74 Å². The lowest BCUT2D eigenvalue weighted by molar-refractivity contribution is -0.137. The molecule has 0 radical (unpaired) electrons. The second kappa shape index (κ2) is 10.7. The molecule has 7 nitrogen and oxygen atoms in total. The van der Waals surface area contributed by atoms with E-state index < -0.39 is 6.10 Å². The Morgan fingerprint density at radius 2 is 1.82 bits per heavy atom. The molecule has 1 fully saturated rings. The third-order valence-corrected chi connectivity index (χ3v) is 5.02. The molecule has 7 heteroatoms. The van der Waals surface area contributed by atoms with Crippen LogP contribution in [0.5, 0.6) is 5.75 Å². The van der Waals surface area contributed by atoms with Gasteiger partial charge in [-0.25, -0.2) is 0 Å². The van der Waals surface area contributed by atoms with Crippen molar-refractivity contribution in [3.63, 3.8) is 0 Å². The van der Waals surface area contributed by atoms with Crippen molar-refractivity contribution in [2.45, 2.75) is 33.3 Å². The Morgan fingerprint density at radius 3 is 2.43 bits per heavy atom. The van der Waals surface area contributed by atoms with Gasteiger partial charge in [-0.3, -0.25) is 14.5 Å². The van der Waals surface area contributed by atoms with E-state index in [4.69, 9.17) is 10.00 Å². The molecule has 1 aromatic rings. The molecule has 1 atom stereocenters. The van der Waals surface area contributed by atoms with Gasteiger partial charge in [-0.15, -0.1) is 0 Å². The van der Waals surface area contributed by atoms with Crippen LogP contribution in [0.1, 0.15) is 32.8 Å². The van der Waals surface area contributed by atoms with Crippen molar-refractivity contribution in [1.82, 2.24) is 14.7 Å². The minimum atomic E-state index is -0.600. The van der Waals surface area contributed by atoms with Gasteiger partial charge in [0.25, 0.3) is 5.91 Å². The number of likely N-dealkylation sites (N-methyl/N-ethyl adjacent to an activating group) is 1. The summed E-state index contributed by atoms with van der Waals surface area (Å²) in [6.07, 6.45) is 0.234. The molecule has 152 valence electrons. The summed E-state index contributed by atoms with van der Waals surface area (Å²) >= 11 is 0. The Hall–Kier alpha value is -2.59. The lowest BCUT2D eigenvalue weighted by atomic mass is 10.2. The Morgan fingerprint density at radius 1 is 1.14 bits per heavy atom. The number of nitrogens with zero attached hydrogens (tertiary/aromatic N) is 4. The minimum Gasteiger partial charge on any atom is -0.481 e. The molecule has 0 saturated carbocycles. The Labute approximate surface area is 167 Å². The number of amides is 2. The second-order valence-corrected chi connectivity index (χ2v) is 6.92. The fourth-order valence-electron chi connectivity index (χ4n) is 3.34. The van der Waals surface area contributed by atoms with Crippen molar-refractivity contribution in [2.75, 3.05) is 45.8 Å². The first-order chi connectivity index (χ1) is 13.5. The van der Waals surface area contributed by atoms with Crippen molar-refractivity contribution in [1.29, 1.82) is 5.26 Å². The molecule has 0 spiro atoms. The standard InChI is InChI=1S/C21H30N4O3/c1-4-24(5-2)20(26)16-23-11-6-12-25(14-13-23)21(27)17(3)28-19-9-7-18(15-22)8-10-19/h7-10,17H,4-6,11-14,16H2,1-3H3. The van der Waals surface area contributed by atoms with E-state index in [1.807, 2.05) is 23.6 Å². The van der Waals surface area contributed by atoms with E-state index in [2.05, 4.69) is 11.0 Å². The van der Waals surface area contributed by atoms with Crippen LogP contribution in [0.25, 0.3) is 0 Å². The lowest BCUT2D eigenvalue weighted by Crippen LogP contribution is -2.44. The molecule has 1 aromatic carbocycles. The van der Waals surface area contributed by atoms with Crippen LogP contribution in [-0.2, 0) is 9.59 Å². The van der Waals surface area contributed by atoms with E-state index in [0.717, 1.165) is 26.1 Å². The predicted octanol–water partition coefficient (Wildman–Crippen LogP) is 1.73. The fraction of sp³-hybridized carbons (Fsp3) is 0.571. The van der Waals surface area contributed by atoms with E-state index in [0.29, 0.717) is 37.5 Å². The van der Waals surface area contributed by atoms with Crippen LogP contribution in [0, 0.1) is 11.3 Å². The third-order valence-electron chi connectivity index (χ3n) is 5.02.